The van der Waals surface area contributed by atoms with Crippen LogP contribution in [0.15, 0.2) is 54.6 Å². The summed E-state index contributed by atoms with van der Waals surface area (Å²) in [5.74, 6) is 0.599. The number of nitrogens with zero attached hydrogens (tertiary/aromatic N) is 2. The van der Waals surface area contributed by atoms with Crippen LogP contribution in [0.2, 0.25) is 0 Å². The van der Waals surface area contributed by atoms with E-state index >= 15 is 0 Å². The molecule has 5 nitrogen and oxygen atoms in total. The van der Waals surface area contributed by atoms with Crippen LogP contribution in [0.1, 0.15) is 121 Å². The average molecular weight is 837 g/mol. The van der Waals surface area contributed by atoms with E-state index in [4.69, 9.17) is 19.4 Å². The third kappa shape index (κ3) is 11.2. The maximum atomic E-state index is 12.3. The van der Waals surface area contributed by atoms with Crippen molar-refractivity contribution >= 4 is 47.0 Å². The fraction of sp³-hybridized carbons (Fsp3) is 0.450. The van der Waals surface area contributed by atoms with Gasteiger partial charge in [-0.3, -0.25) is 0 Å². The number of hydrogen-bond acceptors (Lipinski definition) is 3. The van der Waals surface area contributed by atoms with Crippen molar-refractivity contribution in [1.29, 1.82) is 0 Å². The van der Waals surface area contributed by atoms with Crippen molar-refractivity contribution in [2.45, 2.75) is 105 Å². The van der Waals surface area contributed by atoms with Crippen molar-refractivity contribution in [3.8, 4) is 5.75 Å². The van der Waals surface area contributed by atoms with Crippen LogP contribution in [0, 0.1) is 13.8 Å². The molecule has 0 radical (unpaired) electrons. The Balaban J connectivity index is 0.000000287. The Morgan fingerprint density at radius 1 is 0.804 bits per heavy atom. The third-order valence-corrected chi connectivity index (χ3v) is 10.5. The van der Waals surface area contributed by atoms with Gasteiger partial charge in [0.15, 0.2) is 0 Å². The Morgan fingerprint density at radius 2 is 1.22 bits per heavy atom. The van der Waals surface area contributed by atoms with Gasteiger partial charge in [-0.05, 0) is 45.9 Å². The Bertz CT molecular complexity index is 1550. The van der Waals surface area contributed by atoms with Crippen LogP contribution in [0.3, 0.4) is 0 Å². The summed E-state index contributed by atoms with van der Waals surface area (Å²) < 4.78 is 41.0. The van der Waals surface area contributed by atoms with E-state index in [2.05, 4.69) is 120 Å². The Labute approximate surface area is 316 Å². The molecular weight excluding hydrogens is 783 g/mol. The molecule has 1 heterocycles. The van der Waals surface area contributed by atoms with Gasteiger partial charge >= 0.3 is 140 Å². The van der Waals surface area contributed by atoms with Gasteiger partial charge < -0.3 is 9.80 Å². The molecule has 1 aliphatic heterocycles. The van der Waals surface area contributed by atoms with Gasteiger partial charge in [0, 0.05) is 24.5 Å². The quantitative estimate of drug-likeness (QED) is 0.126. The van der Waals surface area contributed by atoms with Crippen molar-refractivity contribution in [3.63, 3.8) is 0 Å². The van der Waals surface area contributed by atoms with Crippen LogP contribution >= 0.6 is 19.4 Å². The summed E-state index contributed by atoms with van der Waals surface area (Å²) in [6.45, 7) is 26.6. The number of para-hydroxylation sites is 2. The summed E-state index contributed by atoms with van der Waals surface area (Å²) in [7, 11) is 15.5. The van der Waals surface area contributed by atoms with Gasteiger partial charge in [-0.25, -0.2) is 0 Å². The zero-order valence-corrected chi connectivity index (χ0v) is 34.6. The first-order valence-corrected chi connectivity index (χ1v) is 22.7. The first-order chi connectivity index (χ1) is 23.7. The van der Waals surface area contributed by atoms with Crippen molar-refractivity contribution < 1.29 is 35.9 Å². The molecule has 0 atom stereocenters. The number of carbonyl (C=O) groups is 1. The predicted molar refractivity (Wildman–Crippen MR) is 207 cm³/mol. The van der Waals surface area contributed by atoms with Crippen LogP contribution in [0.5, 0.6) is 5.75 Å². The van der Waals surface area contributed by atoms with E-state index < -0.39 is 25.6 Å². The van der Waals surface area contributed by atoms with Gasteiger partial charge in [0.25, 0.3) is 0 Å². The number of benzene rings is 3. The molecule has 0 aromatic heterocycles. The van der Waals surface area contributed by atoms with E-state index in [-0.39, 0.29) is 11.8 Å². The normalized spacial score (nSPS) is 13.7. The summed E-state index contributed by atoms with van der Waals surface area (Å²) in [4.78, 5) is 16.0. The van der Waals surface area contributed by atoms with Gasteiger partial charge in [-0.15, -0.1) is 0 Å². The molecule has 51 heavy (non-hydrogen) atoms. The predicted octanol–water partition coefficient (Wildman–Crippen LogP) is 12.4. The molecule has 0 aliphatic carbocycles. The van der Waals surface area contributed by atoms with Gasteiger partial charge in [0.05, 0.1) is 0 Å². The van der Waals surface area contributed by atoms with Crippen LogP contribution in [0.25, 0.3) is 0 Å². The number of nitrogens with one attached hydrogen (secondary N) is 1. The van der Waals surface area contributed by atoms with Gasteiger partial charge in [-0.2, -0.15) is 6.67 Å². The molecule has 3 aromatic carbocycles. The van der Waals surface area contributed by atoms with Crippen LogP contribution in [-0.2, 0) is 22.7 Å². The van der Waals surface area contributed by atoms with Crippen molar-refractivity contribution in [2.75, 3.05) is 28.2 Å². The van der Waals surface area contributed by atoms with E-state index in [0.717, 1.165) is 13.1 Å². The molecule has 11 heteroatoms. The van der Waals surface area contributed by atoms with Crippen molar-refractivity contribution in [1.82, 2.24) is 0 Å². The Morgan fingerprint density at radius 3 is 1.55 bits per heavy atom. The van der Waals surface area contributed by atoms with Crippen molar-refractivity contribution in [2.24, 2.45) is 0 Å². The second-order valence-electron chi connectivity index (χ2n) is 14.2. The third-order valence-electron chi connectivity index (χ3n) is 8.68. The summed E-state index contributed by atoms with van der Waals surface area (Å²) >= 11 is -2.21. The molecule has 4 rings (SSSR count). The summed E-state index contributed by atoms with van der Waals surface area (Å²) in [6, 6.07) is 17.9. The Kier molecular flexibility index (Phi) is 15.5. The molecule has 284 valence electrons. The SMILES string of the molecule is CC(C)c1cccc(C(C)C)c1N1[CH-]N(c2c(C(C)C)cccc2C(C)C)CC1.[CH2-][O+](c1ccc(NC(=O)C(F)(F)F)cc1[CH]=[Ru]([Cl])[Cl])C(C)C. The molecule has 1 aliphatic rings. The van der Waals surface area contributed by atoms with Crippen LogP contribution < -0.4 is 15.1 Å². The van der Waals surface area contributed by atoms with E-state index in [1.165, 1.54) is 51.8 Å². The number of alkyl halides is 3. The molecule has 0 spiro atoms. The minimum absolute atomic E-state index is 0.00108. The second kappa shape index (κ2) is 18.4. The summed E-state index contributed by atoms with van der Waals surface area (Å²) in [6.07, 6.45) is -4.97. The molecular formula is C40H53Cl2F3N3O2Ru-. The van der Waals surface area contributed by atoms with E-state index in [0.29, 0.717) is 35.0 Å². The number of halogens is 5. The number of anilines is 3. The average Bonchev–Trinajstić information content (AvgIpc) is 3.53. The molecule has 3 aromatic rings. The number of hydrogen-bond donors (Lipinski definition) is 1. The van der Waals surface area contributed by atoms with Gasteiger partial charge in [-0.1, -0.05) is 91.8 Å². The number of carbonyl (C=O) groups excluding carboxylic acids is 1. The molecule has 1 fully saturated rings. The molecule has 0 bridgehead atoms. The fourth-order valence-corrected chi connectivity index (χ4v) is 7.79. The number of amides is 1. The van der Waals surface area contributed by atoms with Gasteiger partial charge in [0.1, 0.15) is 0 Å². The van der Waals surface area contributed by atoms with Gasteiger partial charge in [0.2, 0.25) is 0 Å². The topological polar surface area (TPSA) is 38.3 Å². The summed E-state index contributed by atoms with van der Waals surface area (Å²) in [5, 5.41) is 1.79. The molecule has 1 N–H and O–H groups in total. The Hall–Kier alpha value is -2.61. The molecule has 1 amide bonds. The molecule has 0 saturated carbocycles. The van der Waals surface area contributed by atoms with E-state index in [1.807, 2.05) is 13.8 Å². The molecule has 1 saturated heterocycles. The van der Waals surface area contributed by atoms with Crippen LogP contribution in [-0.4, -0.2) is 35.9 Å². The van der Waals surface area contributed by atoms with E-state index in [9.17, 15) is 18.0 Å². The van der Waals surface area contributed by atoms with Crippen LogP contribution in [0.4, 0.5) is 30.2 Å². The number of rotatable bonds is 10. The first-order valence-electron chi connectivity index (χ1n) is 17.3. The molecule has 0 unspecified atom stereocenters. The summed E-state index contributed by atoms with van der Waals surface area (Å²) in [5.41, 5.74) is 9.16. The first kappa shape index (κ1) is 42.8. The minimum atomic E-state index is -4.95. The zero-order valence-electron chi connectivity index (χ0n) is 31.3. The monoisotopic (exact) mass is 836 g/mol. The van der Waals surface area contributed by atoms with Crippen molar-refractivity contribution in [3.05, 3.63) is 96.2 Å². The zero-order chi connectivity index (χ0) is 38.4. The van der Waals surface area contributed by atoms with E-state index in [1.54, 1.807) is 9.93 Å². The maximum absolute atomic E-state index is 12.3. The fourth-order valence-electron chi connectivity index (χ4n) is 6.01. The standard InChI is InChI=1S/C27H39N2.C13H14F3NO2.2ClH.Ru/c1-18(2)22-11-9-12-23(19(3)4)26(22)28-15-16-29(17-28)27-24(20(5)6)13-10-14-25(27)21(7)8;1-8(2)19(4)11-6-5-10(7-9(11)3)17-12(18)13(14,15)16;;;/h9-14,17-21H,15-16H2,1-8H3;3,5-8H,4H2,1-2H3,(H,17,18);2*1H;/q-1;;;;+2/p-2. The second-order valence-corrected chi connectivity index (χ2v) is 19.9.